The second kappa shape index (κ2) is 7.69. The molecule has 0 amide bonds. The monoisotopic (exact) mass is 414 g/mol. The number of benzene rings is 2. The summed E-state index contributed by atoms with van der Waals surface area (Å²) in [5, 5.41) is 8.26. The number of allylic oxidation sites excluding steroid dienone is 2. The van der Waals surface area contributed by atoms with Crippen molar-refractivity contribution in [1.29, 1.82) is 0 Å². The summed E-state index contributed by atoms with van der Waals surface area (Å²) >= 11 is 0. The molecule has 1 aliphatic heterocycles. The van der Waals surface area contributed by atoms with E-state index in [-0.39, 0.29) is 11.8 Å². The molecule has 2 heterocycles. The average Bonchev–Trinajstić information content (AvgIpc) is 3.19. The highest BCUT2D eigenvalue weighted by Gasteiger charge is 2.36. The summed E-state index contributed by atoms with van der Waals surface area (Å²) in [6, 6.07) is 13.9. The molecule has 0 radical (unpaired) electrons. The topological polar surface area (TPSA) is 69.0 Å². The van der Waals surface area contributed by atoms with Crippen molar-refractivity contribution in [2.75, 3.05) is 11.9 Å². The minimum atomic E-state index is -0.289. The Labute approximate surface area is 182 Å². The molecule has 0 saturated heterocycles. The Bertz CT molecular complexity index is 1190. The van der Waals surface area contributed by atoms with Gasteiger partial charge in [0.25, 0.3) is 0 Å². The van der Waals surface area contributed by atoms with E-state index in [1.165, 1.54) is 11.1 Å². The average molecular weight is 415 g/mol. The first-order chi connectivity index (χ1) is 15.0. The Morgan fingerprint density at radius 3 is 2.65 bits per heavy atom. The number of hydrogen-bond donors (Lipinski definition) is 1. The van der Waals surface area contributed by atoms with Crippen molar-refractivity contribution in [2.45, 2.75) is 46.1 Å². The molecule has 2 aliphatic rings. The van der Waals surface area contributed by atoms with Gasteiger partial charge < -0.3 is 10.1 Å². The van der Waals surface area contributed by atoms with Gasteiger partial charge in [0.1, 0.15) is 11.8 Å². The Balaban J connectivity index is 1.62. The summed E-state index contributed by atoms with van der Waals surface area (Å²) in [5.41, 5.74) is 6.20. The van der Waals surface area contributed by atoms with Crippen LogP contribution in [0.15, 0.2) is 53.7 Å². The molecule has 0 bridgehead atoms. The Hall–Kier alpha value is -3.41. The zero-order valence-corrected chi connectivity index (χ0v) is 18.1. The van der Waals surface area contributed by atoms with Crippen molar-refractivity contribution >= 4 is 11.7 Å². The van der Waals surface area contributed by atoms with Crippen molar-refractivity contribution in [1.82, 2.24) is 14.8 Å². The molecule has 3 aromatic rings. The number of carbonyl (C=O) groups is 1. The third-order valence-electron chi connectivity index (χ3n) is 6.14. The number of hydrogen-bond acceptors (Lipinski definition) is 5. The van der Waals surface area contributed by atoms with Gasteiger partial charge >= 0.3 is 0 Å². The molecule has 0 spiro atoms. The highest BCUT2D eigenvalue weighted by molar-refractivity contribution is 5.99. The van der Waals surface area contributed by atoms with Crippen LogP contribution in [-0.2, 0) is 4.79 Å². The molecule has 0 saturated carbocycles. The fourth-order valence-electron chi connectivity index (χ4n) is 4.38. The van der Waals surface area contributed by atoms with Crippen LogP contribution in [0.2, 0.25) is 0 Å². The number of anilines is 1. The molecular formula is C25H26N4O2. The Morgan fingerprint density at radius 2 is 1.90 bits per heavy atom. The SMILES string of the molecule is CCOc1ccc(C2C3=C(CCCC3=O)Nc3nc(-c4ccc(C)c(C)c4)nn32)cc1. The van der Waals surface area contributed by atoms with Gasteiger partial charge in [0, 0.05) is 23.3 Å². The molecule has 31 heavy (non-hydrogen) atoms. The van der Waals surface area contributed by atoms with Gasteiger partial charge in [-0.05, 0) is 68.5 Å². The number of rotatable bonds is 4. The fraction of sp³-hybridized carbons (Fsp3) is 0.320. The molecule has 1 aliphatic carbocycles. The van der Waals surface area contributed by atoms with E-state index < -0.39 is 0 Å². The highest BCUT2D eigenvalue weighted by atomic mass is 16.5. The second-order valence-corrected chi connectivity index (χ2v) is 8.20. The normalized spacial score (nSPS) is 17.8. The summed E-state index contributed by atoms with van der Waals surface area (Å²) in [6.07, 6.45) is 2.28. The quantitative estimate of drug-likeness (QED) is 0.652. The van der Waals surface area contributed by atoms with Gasteiger partial charge in [-0.25, -0.2) is 4.68 Å². The number of ether oxygens (including phenoxy) is 1. The first kappa shape index (κ1) is 19.5. The lowest BCUT2D eigenvalue weighted by atomic mass is 9.85. The number of Topliss-reactive ketones (excluding diaryl/α,β-unsaturated/α-hetero) is 1. The van der Waals surface area contributed by atoms with Gasteiger partial charge in [-0.1, -0.05) is 24.3 Å². The van der Waals surface area contributed by atoms with Gasteiger partial charge in [-0.3, -0.25) is 4.79 Å². The summed E-state index contributed by atoms with van der Waals surface area (Å²) in [7, 11) is 0. The third-order valence-corrected chi connectivity index (χ3v) is 6.14. The highest BCUT2D eigenvalue weighted by Crippen LogP contribution is 2.41. The van der Waals surface area contributed by atoms with Gasteiger partial charge in [0.15, 0.2) is 11.6 Å². The molecule has 0 fully saturated rings. The van der Waals surface area contributed by atoms with Crippen molar-refractivity contribution in [3.8, 4) is 17.1 Å². The molecular weight excluding hydrogens is 388 g/mol. The smallest absolute Gasteiger partial charge is 0.226 e. The minimum absolute atomic E-state index is 0.182. The van der Waals surface area contributed by atoms with E-state index in [0.717, 1.165) is 41.0 Å². The van der Waals surface area contributed by atoms with E-state index in [2.05, 4.69) is 31.3 Å². The van der Waals surface area contributed by atoms with Gasteiger partial charge in [0.2, 0.25) is 5.95 Å². The van der Waals surface area contributed by atoms with Crippen LogP contribution in [0.5, 0.6) is 5.75 Å². The predicted molar refractivity (Wildman–Crippen MR) is 120 cm³/mol. The van der Waals surface area contributed by atoms with E-state index in [9.17, 15) is 4.79 Å². The van der Waals surface area contributed by atoms with E-state index in [0.29, 0.717) is 24.8 Å². The predicted octanol–water partition coefficient (Wildman–Crippen LogP) is 4.98. The second-order valence-electron chi connectivity index (χ2n) is 8.20. The third kappa shape index (κ3) is 3.42. The zero-order chi connectivity index (χ0) is 21.5. The van der Waals surface area contributed by atoms with Gasteiger partial charge in [0.05, 0.1) is 6.61 Å². The number of fused-ring (bicyclic) bond motifs is 1. The summed E-state index contributed by atoms with van der Waals surface area (Å²) < 4.78 is 7.47. The molecule has 1 atom stereocenters. The summed E-state index contributed by atoms with van der Waals surface area (Å²) in [6.45, 7) is 6.77. The lowest BCUT2D eigenvalue weighted by Crippen LogP contribution is -2.31. The van der Waals surface area contributed by atoms with Crippen LogP contribution in [0.25, 0.3) is 11.4 Å². The zero-order valence-electron chi connectivity index (χ0n) is 18.1. The van der Waals surface area contributed by atoms with Crippen molar-refractivity contribution < 1.29 is 9.53 Å². The molecule has 2 aromatic carbocycles. The van der Waals surface area contributed by atoms with Gasteiger partial charge in [-0.2, -0.15) is 4.98 Å². The van der Waals surface area contributed by atoms with Gasteiger partial charge in [-0.15, -0.1) is 5.10 Å². The number of nitrogens with one attached hydrogen (secondary N) is 1. The molecule has 1 N–H and O–H groups in total. The first-order valence-corrected chi connectivity index (χ1v) is 10.9. The van der Waals surface area contributed by atoms with Crippen LogP contribution < -0.4 is 10.1 Å². The van der Waals surface area contributed by atoms with E-state index in [4.69, 9.17) is 14.8 Å². The maximum atomic E-state index is 13.0. The summed E-state index contributed by atoms with van der Waals surface area (Å²) in [5.74, 6) is 2.34. The first-order valence-electron chi connectivity index (χ1n) is 10.9. The minimum Gasteiger partial charge on any atom is -0.494 e. The van der Waals surface area contributed by atoms with Crippen LogP contribution in [-0.4, -0.2) is 27.2 Å². The van der Waals surface area contributed by atoms with Crippen LogP contribution >= 0.6 is 0 Å². The van der Waals surface area contributed by atoms with E-state index in [1.807, 2.05) is 41.9 Å². The number of aryl methyl sites for hydroxylation is 2. The van der Waals surface area contributed by atoms with Crippen molar-refractivity contribution in [2.24, 2.45) is 0 Å². The largest absolute Gasteiger partial charge is 0.494 e. The Kier molecular flexibility index (Phi) is 4.85. The maximum absolute atomic E-state index is 13.0. The van der Waals surface area contributed by atoms with Crippen LogP contribution in [0.1, 0.15) is 48.9 Å². The van der Waals surface area contributed by atoms with Crippen LogP contribution in [0, 0.1) is 13.8 Å². The van der Waals surface area contributed by atoms with E-state index in [1.54, 1.807) is 0 Å². The van der Waals surface area contributed by atoms with Crippen LogP contribution in [0.3, 0.4) is 0 Å². The lowest BCUT2D eigenvalue weighted by Gasteiger charge is -2.32. The fourth-order valence-corrected chi connectivity index (χ4v) is 4.38. The van der Waals surface area contributed by atoms with Crippen molar-refractivity contribution in [3.63, 3.8) is 0 Å². The molecule has 1 unspecified atom stereocenters. The lowest BCUT2D eigenvalue weighted by molar-refractivity contribution is -0.116. The maximum Gasteiger partial charge on any atom is 0.226 e. The molecule has 5 rings (SSSR count). The van der Waals surface area contributed by atoms with E-state index >= 15 is 0 Å². The number of ketones is 1. The molecule has 6 heteroatoms. The van der Waals surface area contributed by atoms with Crippen LogP contribution in [0.4, 0.5) is 5.95 Å². The van der Waals surface area contributed by atoms with Crippen molar-refractivity contribution in [3.05, 3.63) is 70.4 Å². The standard InChI is InChI=1S/C25H26N4O2/c1-4-31-19-12-10-17(11-13-19)23-22-20(6-5-7-21(22)30)26-25-27-24(28-29(23)25)18-9-8-15(2)16(3)14-18/h8-14,23H,4-7H2,1-3H3,(H,26,27,28). The number of nitrogens with zero attached hydrogens (tertiary/aromatic N) is 3. The number of carbonyl (C=O) groups excluding carboxylic acids is 1. The molecule has 1 aromatic heterocycles. The Morgan fingerprint density at radius 1 is 1.10 bits per heavy atom. The molecule has 6 nitrogen and oxygen atoms in total. The molecule has 158 valence electrons. The summed E-state index contributed by atoms with van der Waals surface area (Å²) in [4.78, 5) is 17.8. The number of aromatic nitrogens is 3.